The average Bonchev–Trinajstić information content (AvgIpc) is 3.07. The first kappa shape index (κ1) is 19.5. The predicted molar refractivity (Wildman–Crippen MR) is 98.8 cm³/mol. The highest BCUT2D eigenvalue weighted by atomic mass is 35.5. The van der Waals surface area contributed by atoms with Crippen molar-refractivity contribution >= 4 is 29.1 Å². The molecule has 4 N–H and O–H groups in total. The number of hydrogen-bond donors (Lipinski definition) is 3. The summed E-state index contributed by atoms with van der Waals surface area (Å²) in [5, 5.41) is 5.67. The minimum Gasteiger partial charge on any atom is -0.489 e. The molecule has 7 heteroatoms. The summed E-state index contributed by atoms with van der Waals surface area (Å²) in [5.74, 6) is -0.0506. The van der Waals surface area contributed by atoms with E-state index in [0.29, 0.717) is 16.5 Å². The number of rotatable bonds is 7. The molecule has 0 spiro atoms. The molecule has 1 aromatic carbocycles. The number of nitrogens with two attached hydrogens (primary N) is 1. The number of ether oxygens (including phenoxy) is 1. The minimum absolute atomic E-state index is 0.00859. The molecule has 1 fully saturated rings. The summed E-state index contributed by atoms with van der Waals surface area (Å²) in [6.45, 7) is 3.56. The van der Waals surface area contributed by atoms with Crippen molar-refractivity contribution in [3.05, 3.63) is 23.2 Å². The maximum absolute atomic E-state index is 11.9. The third-order valence-electron chi connectivity index (χ3n) is 4.26. The molecule has 6 nitrogen and oxygen atoms in total. The van der Waals surface area contributed by atoms with E-state index in [1.807, 2.05) is 13.8 Å². The van der Waals surface area contributed by atoms with Crippen molar-refractivity contribution in [3.8, 4) is 5.75 Å². The molecule has 1 aliphatic carbocycles. The van der Waals surface area contributed by atoms with Gasteiger partial charge in [-0.05, 0) is 49.8 Å². The summed E-state index contributed by atoms with van der Waals surface area (Å²) in [4.78, 5) is 23.7. The molecule has 25 heavy (non-hydrogen) atoms. The van der Waals surface area contributed by atoms with Crippen molar-refractivity contribution in [2.75, 3.05) is 11.9 Å². The zero-order valence-corrected chi connectivity index (χ0v) is 15.4. The molecule has 1 aliphatic rings. The van der Waals surface area contributed by atoms with Crippen LogP contribution < -0.4 is 21.1 Å². The Hall–Kier alpha value is -1.79. The van der Waals surface area contributed by atoms with Gasteiger partial charge in [0.1, 0.15) is 5.75 Å². The number of benzene rings is 1. The lowest BCUT2D eigenvalue weighted by molar-refractivity contribution is -0.125. The Kier molecular flexibility index (Phi) is 7.08. The van der Waals surface area contributed by atoms with Crippen molar-refractivity contribution in [1.82, 2.24) is 5.32 Å². The number of hydrogen-bond acceptors (Lipinski definition) is 4. The van der Waals surface area contributed by atoms with E-state index in [-0.39, 0.29) is 30.4 Å². The van der Waals surface area contributed by atoms with Gasteiger partial charge in [-0.15, -0.1) is 0 Å². The Balaban J connectivity index is 1.84. The standard InChI is InChI=1S/C18H26ClN3O3/c1-11(2)17(20)18(24)21-10-16(23)22-12-7-8-15(14(19)9-12)25-13-5-3-4-6-13/h7-9,11,13,17H,3-6,10,20H2,1-2H3,(H,21,24)(H,22,23)/t17-/m0/s1. The summed E-state index contributed by atoms with van der Waals surface area (Å²) < 4.78 is 5.88. The van der Waals surface area contributed by atoms with Crippen LogP contribution in [0.2, 0.25) is 5.02 Å². The van der Waals surface area contributed by atoms with Gasteiger partial charge in [0.15, 0.2) is 0 Å². The van der Waals surface area contributed by atoms with Crippen LogP contribution in [0.3, 0.4) is 0 Å². The van der Waals surface area contributed by atoms with Gasteiger partial charge in [0.25, 0.3) is 0 Å². The largest absolute Gasteiger partial charge is 0.489 e. The maximum Gasteiger partial charge on any atom is 0.243 e. The lowest BCUT2D eigenvalue weighted by atomic mass is 10.1. The molecule has 0 radical (unpaired) electrons. The number of amides is 2. The molecule has 0 bridgehead atoms. The highest BCUT2D eigenvalue weighted by Crippen LogP contribution is 2.31. The number of nitrogens with one attached hydrogen (secondary N) is 2. The zero-order chi connectivity index (χ0) is 18.4. The van der Waals surface area contributed by atoms with Gasteiger partial charge in [-0.2, -0.15) is 0 Å². The van der Waals surface area contributed by atoms with Crippen molar-refractivity contribution in [2.45, 2.75) is 51.7 Å². The van der Waals surface area contributed by atoms with Crippen molar-refractivity contribution in [2.24, 2.45) is 11.7 Å². The van der Waals surface area contributed by atoms with Crippen LogP contribution in [0.15, 0.2) is 18.2 Å². The molecular formula is C18H26ClN3O3. The van der Waals surface area contributed by atoms with Crippen molar-refractivity contribution < 1.29 is 14.3 Å². The van der Waals surface area contributed by atoms with Crippen LogP contribution in [-0.4, -0.2) is 30.5 Å². The first-order valence-electron chi connectivity index (χ1n) is 8.66. The van der Waals surface area contributed by atoms with Crippen LogP contribution in [0, 0.1) is 5.92 Å². The Labute approximate surface area is 153 Å². The van der Waals surface area contributed by atoms with E-state index in [1.54, 1.807) is 18.2 Å². The third kappa shape index (κ3) is 5.90. The normalized spacial score (nSPS) is 15.9. The molecule has 1 saturated carbocycles. The molecule has 0 unspecified atom stereocenters. The van der Waals surface area contributed by atoms with Crippen LogP contribution in [0.5, 0.6) is 5.75 Å². The fourth-order valence-electron chi connectivity index (χ4n) is 2.65. The van der Waals surface area contributed by atoms with Gasteiger partial charge in [0, 0.05) is 5.69 Å². The van der Waals surface area contributed by atoms with Gasteiger partial charge in [-0.25, -0.2) is 0 Å². The molecule has 0 aromatic heterocycles. The van der Waals surface area contributed by atoms with Gasteiger partial charge in [-0.3, -0.25) is 9.59 Å². The van der Waals surface area contributed by atoms with Crippen molar-refractivity contribution in [1.29, 1.82) is 0 Å². The highest BCUT2D eigenvalue weighted by molar-refractivity contribution is 6.32. The lowest BCUT2D eigenvalue weighted by Gasteiger charge is -2.16. The molecular weight excluding hydrogens is 342 g/mol. The van der Waals surface area contributed by atoms with E-state index in [2.05, 4.69) is 10.6 Å². The van der Waals surface area contributed by atoms with Gasteiger partial charge in [0.05, 0.1) is 23.7 Å². The molecule has 1 atom stereocenters. The smallest absolute Gasteiger partial charge is 0.243 e. The highest BCUT2D eigenvalue weighted by Gasteiger charge is 2.19. The Morgan fingerprint density at radius 1 is 1.32 bits per heavy atom. The van der Waals surface area contributed by atoms with Gasteiger partial charge < -0.3 is 21.1 Å². The SMILES string of the molecule is CC(C)[C@H](N)C(=O)NCC(=O)Nc1ccc(OC2CCCC2)c(Cl)c1. The average molecular weight is 368 g/mol. The van der Waals surface area contributed by atoms with Crippen LogP contribution in [-0.2, 0) is 9.59 Å². The number of carbonyl (C=O) groups is 2. The summed E-state index contributed by atoms with van der Waals surface area (Å²) in [7, 11) is 0. The molecule has 0 saturated heterocycles. The molecule has 0 aliphatic heterocycles. The number of halogens is 1. The first-order chi connectivity index (χ1) is 11.9. The van der Waals surface area contributed by atoms with E-state index in [4.69, 9.17) is 22.1 Å². The molecule has 2 rings (SSSR count). The number of anilines is 1. The second-order valence-corrected chi connectivity index (χ2v) is 7.11. The molecule has 138 valence electrons. The van der Waals surface area contributed by atoms with Gasteiger partial charge in [0.2, 0.25) is 11.8 Å². The minimum atomic E-state index is -0.630. The van der Waals surface area contributed by atoms with Crippen LogP contribution in [0.25, 0.3) is 0 Å². The molecule has 2 amide bonds. The van der Waals surface area contributed by atoms with Crippen LogP contribution >= 0.6 is 11.6 Å². The first-order valence-corrected chi connectivity index (χ1v) is 9.04. The summed E-state index contributed by atoms with van der Waals surface area (Å²) >= 11 is 6.23. The van der Waals surface area contributed by atoms with E-state index >= 15 is 0 Å². The van der Waals surface area contributed by atoms with E-state index in [1.165, 1.54) is 12.8 Å². The Morgan fingerprint density at radius 2 is 2.00 bits per heavy atom. The fraction of sp³-hybridized carbons (Fsp3) is 0.556. The lowest BCUT2D eigenvalue weighted by Crippen LogP contribution is -2.46. The zero-order valence-electron chi connectivity index (χ0n) is 14.7. The Bertz CT molecular complexity index is 616. The van der Waals surface area contributed by atoms with Gasteiger partial charge in [-0.1, -0.05) is 25.4 Å². The predicted octanol–water partition coefficient (Wildman–Crippen LogP) is 2.70. The monoisotopic (exact) mass is 367 g/mol. The Morgan fingerprint density at radius 3 is 2.60 bits per heavy atom. The summed E-state index contributed by atoms with van der Waals surface area (Å²) in [6.07, 6.45) is 4.68. The summed E-state index contributed by atoms with van der Waals surface area (Å²) in [5.41, 5.74) is 6.28. The molecule has 1 aromatic rings. The van der Waals surface area contributed by atoms with Gasteiger partial charge >= 0.3 is 0 Å². The van der Waals surface area contributed by atoms with Crippen molar-refractivity contribution in [3.63, 3.8) is 0 Å². The second-order valence-electron chi connectivity index (χ2n) is 6.71. The maximum atomic E-state index is 11.9. The number of carbonyl (C=O) groups excluding carboxylic acids is 2. The summed E-state index contributed by atoms with van der Waals surface area (Å²) in [6, 6.07) is 4.50. The van der Waals surface area contributed by atoms with Crippen LogP contribution in [0.4, 0.5) is 5.69 Å². The second kappa shape index (κ2) is 9.06. The third-order valence-corrected chi connectivity index (χ3v) is 4.55. The molecule has 0 heterocycles. The van der Waals surface area contributed by atoms with E-state index in [9.17, 15) is 9.59 Å². The topological polar surface area (TPSA) is 93.5 Å². The van der Waals surface area contributed by atoms with E-state index in [0.717, 1.165) is 12.8 Å². The fourth-order valence-corrected chi connectivity index (χ4v) is 2.88. The van der Waals surface area contributed by atoms with Crippen LogP contribution in [0.1, 0.15) is 39.5 Å². The quantitative estimate of drug-likeness (QED) is 0.690. The van der Waals surface area contributed by atoms with E-state index < -0.39 is 6.04 Å².